The van der Waals surface area contributed by atoms with Crippen LogP contribution in [-0.4, -0.2) is 30.6 Å². The molecular weight excluding hydrogens is 229 g/mol. The lowest BCUT2D eigenvalue weighted by atomic mass is 10.2. The van der Waals surface area contributed by atoms with E-state index < -0.39 is 7.60 Å². The normalized spacial score (nSPS) is 13.8. The summed E-state index contributed by atoms with van der Waals surface area (Å²) in [5, 5.41) is 2.56. The van der Waals surface area contributed by atoms with Crippen LogP contribution in [0, 0.1) is 12.3 Å². The first-order valence-electron chi connectivity index (χ1n) is 5.10. The van der Waals surface area contributed by atoms with Gasteiger partial charge in [0.1, 0.15) is 0 Å². The first-order chi connectivity index (χ1) is 7.45. The van der Waals surface area contributed by atoms with Gasteiger partial charge in [-0.05, 0) is 12.8 Å². The van der Waals surface area contributed by atoms with E-state index in [-0.39, 0.29) is 19.1 Å². The third kappa shape index (κ3) is 11.3. The van der Waals surface area contributed by atoms with Gasteiger partial charge in [-0.1, -0.05) is 12.3 Å². The SMILES string of the molecule is C#CCNC(=O)CCCCCOP(C)(=O)O. The van der Waals surface area contributed by atoms with Crippen molar-refractivity contribution in [2.75, 3.05) is 19.8 Å². The molecule has 1 unspecified atom stereocenters. The van der Waals surface area contributed by atoms with E-state index in [0.717, 1.165) is 19.5 Å². The quantitative estimate of drug-likeness (QED) is 0.383. The van der Waals surface area contributed by atoms with Gasteiger partial charge in [0.05, 0.1) is 13.2 Å². The molecule has 0 saturated carbocycles. The molecule has 0 rings (SSSR count). The predicted octanol–water partition coefficient (Wildman–Crippen LogP) is 1.13. The van der Waals surface area contributed by atoms with Gasteiger partial charge in [0.25, 0.3) is 0 Å². The molecule has 92 valence electrons. The molecule has 0 radical (unpaired) electrons. The maximum Gasteiger partial charge on any atom is 0.325 e. The number of terminal acetylenes is 1. The number of rotatable bonds is 8. The average Bonchev–Trinajstić information content (AvgIpc) is 2.18. The summed E-state index contributed by atoms with van der Waals surface area (Å²) in [6.45, 7) is 1.65. The Balaban J connectivity index is 3.31. The summed E-state index contributed by atoms with van der Waals surface area (Å²) in [6, 6.07) is 0. The van der Waals surface area contributed by atoms with Gasteiger partial charge in [0, 0.05) is 13.1 Å². The van der Waals surface area contributed by atoms with Crippen molar-refractivity contribution in [3.63, 3.8) is 0 Å². The van der Waals surface area contributed by atoms with E-state index in [9.17, 15) is 9.36 Å². The molecule has 0 spiro atoms. The van der Waals surface area contributed by atoms with Crippen molar-refractivity contribution in [2.24, 2.45) is 0 Å². The second kappa shape index (κ2) is 8.35. The zero-order valence-corrected chi connectivity index (χ0v) is 10.3. The topological polar surface area (TPSA) is 75.6 Å². The largest absolute Gasteiger partial charge is 0.345 e. The molecule has 0 saturated heterocycles. The van der Waals surface area contributed by atoms with E-state index in [2.05, 4.69) is 15.8 Å². The van der Waals surface area contributed by atoms with Gasteiger partial charge in [-0.25, -0.2) is 0 Å². The molecular formula is C10H18NO4P. The monoisotopic (exact) mass is 247 g/mol. The van der Waals surface area contributed by atoms with Gasteiger partial charge in [-0.15, -0.1) is 6.42 Å². The lowest BCUT2D eigenvalue weighted by molar-refractivity contribution is -0.120. The second-order valence-corrected chi connectivity index (χ2v) is 5.29. The van der Waals surface area contributed by atoms with Crippen molar-refractivity contribution in [1.82, 2.24) is 5.32 Å². The number of unbranched alkanes of at least 4 members (excludes halogenated alkanes) is 2. The van der Waals surface area contributed by atoms with E-state index in [4.69, 9.17) is 11.3 Å². The minimum absolute atomic E-state index is 0.0674. The molecule has 0 aromatic carbocycles. The maximum absolute atomic E-state index is 11.1. The number of amides is 1. The summed E-state index contributed by atoms with van der Waals surface area (Å²) in [5.74, 6) is 2.25. The highest BCUT2D eigenvalue weighted by Crippen LogP contribution is 2.36. The Morgan fingerprint density at radius 1 is 1.50 bits per heavy atom. The number of carbonyl (C=O) groups is 1. The lowest BCUT2D eigenvalue weighted by Gasteiger charge is -2.06. The van der Waals surface area contributed by atoms with Crippen LogP contribution >= 0.6 is 7.60 Å². The van der Waals surface area contributed by atoms with Gasteiger partial charge in [-0.2, -0.15) is 0 Å². The fourth-order valence-electron chi connectivity index (χ4n) is 1.04. The minimum atomic E-state index is -3.35. The van der Waals surface area contributed by atoms with Crippen LogP contribution in [0.4, 0.5) is 0 Å². The summed E-state index contributed by atoms with van der Waals surface area (Å²) < 4.78 is 15.4. The molecule has 2 N–H and O–H groups in total. The zero-order chi connectivity index (χ0) is 12.4. The highest BCUT2D eigenvalue weighted by Gasteiger charge is 2.08. The molecule has 0 aromatic rings. The minimum Gasteiger partial charge on any atom is -0.345 e. The fraction of sp³-hybridized carbons (Fsp3) is 0.700. The molecule has 16 heavy (non-hydrogen) atoms. The van der Waals surface area contributed by atoms with Crippen LogP contribution in [0.5, 0.6) is 0 Å². The van der Waals surface area contributed by atoms with Crippen molar-refractivity contribution in [3.05, 3.63) is 0 Å². The summed E-state index contributed by atoms with van der Waals surface area (Å²) in [5.41, 5.74) is 0. The van der Waals surface area contributed by atoms with Crippen LogP contribution in [0.2, 0.25) is 0 Å². The molecule has 0 heterocycles. The van der Waals surface area contributed by atoms with Gasteiger partial charge < -0.3 is 14.7 Å². The molecule has 0 aliphatic rings. The first kappa shape index (κ1) is 15.2. The number of hydrogen-bond donors (Lipinski definition) is 2. The van der Waals surface area contributed by atoms with Crippen molar-refractivity contribution >= 4 is 13.5 Å². The average molecular weight is 247 g/mol. The van der Waals surface area contributed by atoms with E-state index >= 15 is 0 Å². The van der Waals surface area contributed by atoms with Crippen LogP contribution in [0.25, 0.3) is 0 Å². The van der Waals surface area contributed by atoms with E-state index in [0.29, 0.717) is 12.8 Å². The first-order valence-corrected chi connectivity index (χ1v) is 7.13. The highest BCUT2D eigenvalue weighted by molar-refractivity contribution is 7.51. The van der Waals surface area contributed by atoms with Gasteiger partial charge in [-0.3, -0.25) is 9.36 Å². The Morgan fingerprint density at radius 2 is 2.19 bits per heavy atom. The second-order valence-electron chi connectivity index (χ2n) is 3.43. The molecule has 1 amide bonds. The molecule has 0 aliphatic carbocycles. The van der Waals surface area contributed by atoms with Crippen LogP contribution in [-0.2, 0) is 13.9 Å². The molecule has 0 bridgehead atoms. The summed E-state index contributed by atoms with van der Waals surface area (Å²) in [6.07, 6.45) is 7.57. The molecule has 5 nitrogen and oxygen atoms in total. The maximum atomic E-state index is 11.1. The lowest BCUT2D eigenvalue weighted by Crippen LogP contribution is -2.22. The van der Waals surface area contributed by atoms with Crippen LogP contribution in [0.1, 0.15) is 25.7 Å². The smallest absolute Gasteiger partial charge is 0.325 e. The number of nitrogens with one attached hydrogen (secondary N) is 1. The Bertz CT molecular complexity index is 292. The van der Waals surface area contributed by atoms with Crippen LogP contribution in [0.15, 0.2) is 0 Å². The third-order valence-corrected chi connectivity index (χ3v) is 2.43. The van der Waals surface area contributed by atoms with Crippen LogP contribution < -0.4 is 5.32 Å². The standard InChI is InChI=1S/C10H18NO4P/c1-3-8-11-10(12)7-5-4-6-9-15-16(2,13)14/h1H,4-9H2,2H3,(H,11,12)(H,13,14). The van der Waals surface area contributed by atoms with Crippen molar-refractivity contribution < 1.29 is 18.8 Å². The van der Waals surface area contributed by atoms with Crippen molar-refractivity contribution in [2.45, 2.75) is 25.7 Å². The van der Waals surface area contributed by atoms with Gasteiger partial charge in [0.15, 0.2) is 0 Å². The third-order valence-electron chi connectivity index (χ3n) is 1.77. The Hall–Kier alpha value is -0.820. The van der Waals surface area contributed by atoms with E-state index in [1.807, 2.05) is 0 Å². The molecule has 6 heteroatoms. The molecule has 0 aliphatic heterocycles. The van der Waals surface area contributed by atoms with Gasteiger partial charge >= 0.3 is 7.60 Å². The fourth-order valence-corrected chi connectivity index (χ4v) is 1.50. The van der Waals surface area contributed by atoms with Crippen molar-refractivity contribution in [1.29, 1.82) is 0 Å². The highest BCUT2D eigenvalue weighted by atomic mass is 31.2. The molecule has 1 atom stereocenters. The van der Waals surface area contributed by atoms with Crippen LogP contribution in [0.3, 0.4) is 0 Å². The van der Waals surface area contributed by atoms with Gasteiger partial charge in [0.2, 0.25) is 5.91 Å². The zero-order valence-electron chi connectivity index (χ0n) is 9.44. The Labute approximate surface area is 96.1 Å². The number of carbonyl (C=O) groups excluding carboxylic acids is 1. The summed E-state index contributed by atoms with van der Waals surface area (Å²) in [4.78, 5) is 19.9. The van der Waals surface area contributed by atoms with E-state index in [1.54, 1.807) is 0 Å². The summed E-state index contributed by atoms with van der Waals surface area (Å²) >= 11 is 0. The van der Waals surface area contributed by atoms with E-state index in [1.165, 1.54) is 0 Å². The Kier molecular flexibility index (Phi) is 7.92. The molecule has 0 fully saturated rings. The number of hydrogen-bond acceptors (Lipinski definition) is 3. The van der Waals surface area contributed by atoms with Crippen molar-refractivity contribution in [3.8, 4) is 12.3 Å². The summed E-state index contributed by atoms with van der Waals surface area (Å²) in [7, 11) is -3.35. The predicted molar refractivity (Wildman–Crippen MR) is 62.0 cm³/mol. The molecule has 0 aromatic heterocycles. The Morgan fingerprint density at radius 3 is 2.75 bits per heavy atom.